The molecule has 45 heavy (non-hydrogen) atoms. The minimum absolute atomic E-state index is 0.184. The van der Waals surface area contributed by atoms with Crippen molar-refractivity contribution in [3.05, 3.63) is 179 Å². The zero-order valence-electron chi connectivity index (χ0n) is 24.2. The standard InChI is InChI=1S/C38H30O7/c39-35(27-16-6-1-7-17-27)44-33-32(43-37(41)34(33)45-36(40)28-18-8-2-9-19-28)26-42-38(29-20-10-3-11-21-29,30-22-12-4-13-23-30)31-24-14-5-15-25-31/h1-25,32-34H,26H2/t32-,33?,34?/m1/s1. The van der Waals surface area contributed by atoms with Gasteiger partial charge >= 0.3 is 17.9 Å². The van der Waals surface area contributed by atoms with Crippen molar-refractivity contribution in [3.8, 4) is 0 Å². The van der Waals surface area contributed by atoms with Crippen LogP contribution >= 0.6 is 0 Å². The molecule has 1 heterocycles. The predicted molar refractivity (Wildman–Crippen MR) is 166 cm³/mol. The topological polar surface area (TPSA) is 88.1 Å². The maximum atomic E-state index is 13.3. The number of ether oxygens (including phenoxy) is 4. The predicted octanol–water partition coefficient (Wildman–Crippen LogP) is 6.37. The Labute approximate surface area is 261 Å². The van der Waals surface area contributed by atoms with E-state index < -0.39 is 41.8 Å². The van der Waals surface area contributed by atoms with Crippen LogP contribution in [0.5, 0.6) is 0 Å². The molecule has 2 unspecified atom stereocenters. The average molecular weight is 599 g/mol. The lowest BCUT2D eigenvalue weighted by Crippen LogP contribution is -2.43. The van der Waals surface area contributed by atoms with Crippen molar-refractivity contribution in [3.63, 3.8) is 0 Å². The number of carbonyl (C=O) groups is 3. The first-order valence-corrected chi connectivity index (χ1v) is 14.6. The van der Waals surface area contributed by atoms with E-state index in [9.17, 15) is 14.4 Å². The molecule has 5 aromatic carbocycles. The molecule has 0 aliphatic carbocycles. The van der Waals surface area contributed by atoms with Crippen molar-refractivity contribution in [1.82, 2.24) is 0 Å². The van der Waals surface area contributed by atoms with Gasteiger partial charge in [0.05, 0.1) is 17.7 Å². The van der Waals surface area contributed by atoms with E-state index in [1.807, 2.05) is 91.0 Å². The quantitative estimate of drug-likeness (QED) is 0.105. The van der Waals surface area contributed by atoms with Gasteiger partial charge in [-0.3, -0.25) is 0 Å². The molecule has 0 aromatic heterocycles. The zero-order valence-corrected chi connectivity index (χ0v) is 24.2. The van der Waals surface area contributed by atoms with Gasteiger partial charge in [-0.25, -0.2) is 14.4 Å². The molecule has 0 N–H and O–H groups in total. The molecule has 1 aliphatic heterocycles. The van der Waals surface area contributed by atoms with E-state index in [0.29, 0.717) is 0 Å². The molecule has 3 atom stereocenters. The third-order valence-corrected chi connectivity index (χ3v) is 7.67. The van der Waals surface area contributed by atoms with E-state index in [1.54, 1.807) is 60.7 Å². The average Bonchev–Trinajstić information content (AvgIpc) is 3.39. The van der Waals surface area contributed by atoms with Crippen LogP contribution in [0.25, 0.3) is 0 Å². The molecule has 7 heteroatoms. The van der Waals surface area contributed by atoms with E-state index in [1.165, 1.54) is 0 Å². The van der Waals surface area contributed by atoms with Gasteiger partial charge in [0, 0.05) is 0 Å². The van der Waals surface area contributed by atoms with Crippen LogP contribution in [0, 0.1) is 0 Å². The van der Waals surface area contributed by atoms with Gasteiger partial charge in [-0.05, 0) is 41.0 Å². The fourth-order valence-electron chi connectivity index (χ4n) is 5.49. The maximum Gasteiger partial charge on any atom is 0.352 e. The second-order valence-corrected chi connectivity index (χ2v) is 10.5. The van der Waals surface area contributed by atoms with Crippen molar-refractivity contribution in [1.29, 1.82) is 0 Å². The Kier molecular flexibility index (Phi) is 8.80. The molecule has 0 amide bonds. The van der Waals surface area contributed by atoms with Gasteiger partial charge in [0.25, 0.3) is 0 Å². The Hall–Kier alpha value is -5.53. The SMILES string of the molecule is O=C(OC1C(=O)O[C@H](COC(c2ccccc2)(c2ccccc2)c2ccccc2)C1OC(=O)c1ccccc1)c1ccccc1. The Bertz CT molecular complexity index is 1630. The Morgan fingerprint density at radius 1 is 0.556 bits per heavy atom. The lowest BCUT2D eigenvalue weighted by Gasteiger charge is -2.37. The van der Waals surface area contributed by atoms with Crippen LogP contribution in [0.1, 0.15) is 37.4 Å². The molecule has 1 saturated heterocycles. The van der Waals surface area contributed by atoms with E-state index in [-0.39, 0.29) is 17.7 Å². The Morgan fingerprint density at radius 2 is 0.933 bits per heavy atom. The Morgan fingerprint density at radius 3 is 1.36 bits per heavy atom. The second-order valence-electron chi connectivity index (χ2n) is 10.5. The summed E-state index contributed by atoms with van der Waals surface area (Å²) in [5, 5.41) is 0. The lowest BCUT2D eigenvalue weighted by molar-refractivity contribution is -0.150. The summed E-state index contributed by atoms with van der Waals surface area (Å²) in [7, 11) is 0. The number of esters is 3. The second kappa shape index (κ2) is 13.4. The summed E-state index contributed by atoms with van der Waals surface area (Å²) in [6.07, 6.45) is -3.87. The minimum Gasteiger partial charge on any atom is -0.453 e. The van der Waals surface area contributed by atoms with Crippen LogP contribution < -0.4 is 0 Å². The number of rotatable bonds is 10. The summed E-state index contributed by atoms with van der Waals surface area (Å²) in [6, 6.07) is 45.8. The lowest BCUT2D eigenvalue weighted by atomic mass is 9.80. The van der Waals surface area contributed by atoms with Crippen LogP contribution in [0.2, 0.25) is 0 Å². The molecule has 0 bridgehead atoms. The monoisotopic (exact) mass is 598 g/mol. The number of cyclic esters (lactones) is 1. The van der Waals surface area contributed by atoms with Gasteiger partial charge in [-0.15, -0.1) is 0 Å². The Balaban J connectivity index is 1.36. The summed E-state index contributed by atoms with van der Waals surface area (Å²) in [4.78, 5) is 39.5. The van der Waals surface area contributed by atoms with E-state index in [0.717, 1.165) is 16.7 Å². The highest BCUT2D eigenvalue weighted by molar-refractivity contribution is 5.93. The molecular formula is C38H30O7. The number of hydrogen-bond donors (Lipinski definition) is 0. The highest BCUT2D eigenvalue weighted by Crippen LogP contribution is 2.41. The molecule has 1 aliphatic rings. The highest BCUT2D eigenvalue weighted by atomic mass is 16.7. The maximum absolute atomic E-state index is 13.3. The first kappa shape index (κ1) is 29.5. The van der Waals surface area contributed by atoms with Crippen molar-refractivity contribution >= 4 is 17.9 Å². The van der Waals surface area contributed by atoms with Gasteiger partial charge in [-0.1, -0.05) is 127 Å². The van der Waals surface area contributed by atoms with Crippen LogP contribution in [0.15, 0.2) is 152 Å². The van der Waals surface area contributed by atoms with Crippen LogP contribution in [-0.4, -0.2) is 42.8 Å². The molecule has 0 spiro atoms. The van der Waals surface area contributed by atoms with Gasteiger partial charge in [0.1, 0.15) is 5.60 Å². The summed E-state index contributed by atoms with van der Waals surface area (Å²) >= 11 is 0. The fraction of sp³-hybridized carbons (Fsp3) is 0.132. The smallest absolute Gasteiger partial charge is 0.352 e. The summed E-state index contributed by atoms with van der Waals surface area (Å²) in [5.41, 5.74) is 1.93. The molecule has 0 saturated carbocycles. The number of hydrogen-bond acceptors (Lipinski definition) is 7. The normalized spacial score (nSPS) is 17.7. The summed E-state index contributed by atoms with van der Waals surface area (Å²) in [5.74, 6) is -2.26. The van der Waals surface area contributed by atoms with Gasteiger partial charge in [-0.2, -0.15) is 0 Å². The van der Waals surface area contributed by atoms with Crippen LogP contribution in [-0.2, 0) is 29.3 Å². The van der Waals surface area contributed by atoms with Crippen LogP contribution in [0.4, 0.5) is 0 Å². The molecule has 0 radical (unpaired) electrons. The fourth-order valence-corrected chi connectivity index (χ4v) is 5.49. The molecule has 1 fully saturated rings. The van der Waals surface area contributed by atoms with Gasteiger partial charge in [0.2, 0.25) is 6.10 Å². The largest absolute Gasteiger partial charge is 0.453 e. The van der Waals surface area contributed by atoms with Crippen molar-refractivity contribution in [2.24, 2.45) is 0 Å². The molecule has 224 valence electrons. The minimum atomic E-state index is -1.50. The van der Waals surface area contributed by atoms with E-state index in [2.05, 4.69) is 0 Å². The van der Waals surface area contributed by atoms with E-state index in [4.69, 9.17) is 18.9 Å². The third kappa shape index (κ3) is 6.25. The molecule has 7 nitrogen and oxygen atoms in total. The summed E-state index contributed by atoms with van der Waals surface area (Å²) < 4.78 is 24.1. The van der Waals surface area contributed by atoms with Crippen molar-refractivity contribution < 1.29 is 33.3 Å². The molecule has 6 rings (SSSR count). The van der Waals surface area contributed by atoms with Gasteiger partial charge in [0.15, 0.2) is 12.2 Å². The van der Waals surface area contributed by atoms with Crippen molar-refractivity contribution in [2.45, 2.75) is 23.9 Å². The summed E-state index contributed by atoms with van der Waals surface area (Å²) in [6.45, 7) is -0.184. The highest BCUT2D eigenvalue weighted by Gasteiger charge is 2.52. The molecule has 5 aromatic rings. The van der Waals surface area contributed by atoms with Crippen molar-refractivity contribution in [2.75, 3.05) is 6.61 Å². The zero-order chi connectivity index (χ0) is 31.1. The first-order valence-electron chi connectivity index (χ1n) is 14.6. The number of benzene rings is 5. The third-order valence-electron chi connectivity index (χ3n) is 7.67. The number of carbonyl (C=O) groups excluding carboxylic acids is 3. The molecular weight excluding hydrogens is 568 g/mol. The first-order chi connectivity index (χ1) is 22.1. The van der Waals surface area contributed by atoms with E-state index >= 15 is 0 Å². The van der Waals surface area contributed by atoms with Gasteiger partial charge < -0.3 is 18.9 Å². The van der Waals surface area contributed by atoms with Crippen LogP contribution in [0.3, 0.4) is 0 Å².